The highest BCUT2D eigenvalue weighted by molar-refractivity contribution is 5.66. The number of aliphatic carboxylic acids is 1. The van der Waals surface area contributed by atoms with Crippen LogP contribution >= 0.6 is 0 Å². The number of alkyl halides is 3. The molecule has 0 unspecified atom stereocenters. The maximum Gasteiger partial charge on any atom is 0.397 e. The highest BCUT2D eigenvalue weighted by Crippen LogP contribution is 2.45. The number of carboxylic acids is 1. The van der Waals surface area contributed by atoms with Crippen molar-refractivity contribution in [3.05, 3.63) is 0 Å². The van der Waals surface area contributed by atoms with E-state index in [1.54, 1.807) is 0 Å². The Labute approximate surface area is 97.3 Å². The summed E-state index contributed by atoms with van der Waals surface area (Å²) in [7, 11) is 1.24. The first-order valence-corrected chi connectivity index (χ1v) is 5.30. The third-order valence-corrected chi connectivity index (χ3v) is 3.10. The minimum absolute atomic E-state index is 0.0377. The van der Waals surface area contributed by atoms with Crippen LogP contribution in [0.5, 0.6) is 0 Å². The van der Waals surface area contributed by atoms with Crippen LogP contribution < -0.4 is 0 Å². The van der Waals surface area contributed by atoms with Crippen molar-refractivity contribution in [1.82, 2.24) is 4.90 Å². The predicted octanol–water partition coefficient (Wildman–Crippen LogP) is 1.36. The minimum Gasteiger partial charge on any atom is -0.481 e. The Balaban J connectivity index is 2.62. The van der Waals surface area contributed by atoms with Gasteiger partial charge in [0.05, 0.1) is 13.0 Å². The van der Waals surface area contributed by atoms with E-state index in [2.05, 4.69) is 4.74 Å². The van der Waals surface area contributed by atoms with Crippen molar-refractivity contribution >= 4 is 5.97 Å². The Morgan fingerprint density at radius 2 is 2.18 bits per heavy atom. The van der Waals surface area contributed by atoms with Crippen LogP contribution in [0.3, 0.4) is 0 Å². The molecular weight excluding hydrogens is 239 g/mol. The Bertz CT molecular complexity index is 282. The van der Waals surface area contributed by atoms with Crippen molar-refractivity contribution in [3.63, 3.8) is 0 Å². The van der Waals surface area contributed by atoms with Gasteiger partial charge in [0.25, 0.3) is 0 Å². The molecule has 0 aliphatic carbocycles. The zero-order valence-corrected chi connectivity index (χ0v) is 9.59. The van der Waals surface area contributed by atoms with E-state index < -0.39 is 17.6 Å². The van der Waals surface area contributed by atoms with Crippen LogP contribution in [0.1, 0.15) is 12.8 Å². The molecule has 0 bridgehead atoms. The number of methoxy groups -OCH3 is 1. The molecule has 0 amide bonds. The standard InChI is InChI=1S/C10H16F3NO3/c1-17-7-9(10(11,12)13)3-5-14(6-9)4-2-8(15)16/h2-7H2,1H3,(H,15,16)/t9-/m0/s1. The highest BCUT2D eigenvalue weighted by Gasteiger charge is 2.57. The first kappa shape index (κ1) is 14.2. The summed E-state index contributed by atoms with van der Waals surface area (Å²) in [6.07, 6.45) is -4.49. The number of carbonyl (C=O) groups is 1. The summed E-state index contributed by atoms with van der Waals surface area (Å²) in [4.78, 5) is 11.9. The lowest BCUT2D eigenvalue weighted by molar-refractivity contribution is -0.233. The number of ether oxygens (including phenoxy) is 1. The monoisotopic (exact) mass is 255 g/mol. The zero-order chi connectivity index (χ0) is 13.1. The van der Waals surface area contributed by atoms with Gasteiger partial charge in [-0.05, 0) is 13.0 Å². The normalized spacial score (nSPS) is 26.4. The predicted molar refractivity (Wildman–Crippen MR) is 53.7 cm³/mol. The lowest BCUT2D eigenvalue weighted by atomic mass is 9.87. The van der Waals surface area contributed by atoms with Crippen LogP contribution in [0.15, 0.2) is 0 Å². The average molecular weight is 255 g/mol. The molecule has 1 aliphatic rings. The van der Waals surface area contributed by atoms with E-state index in [1.165, 1.54) is 12.0 Å². The van der Waals surface area contributed by atoms with E-state index in [4.69, 9.17) is 5.11 Å². The molecule has 0 aromatic carbocycles. The molecule has 0 aromatic heterocycles. The molecule has 0 spiro atoms. The Morgan fingerprint density at radius 1 is 1.53 bits per heavy atom. The quantitative estimate of drug-likeness (QED) is 0.806. The third-order valence-electron chi connectivity index (χ3n) is 3.10. The summed E-state index contributed by atoms with van der Waals surface area (Å²) in [5.41, 5.74) is -1.85. The summed E-state index contributed by atoms with van der Waals surface area (Å²) < 4.78 is 43.5. The number of hydrogen-bond donors (Lipinski definition) is 1. The molecule has 4 nitrogen and oxygen atoms in total. The van der Waals surface area contributed by atoms with Gasteiger partial charge in [0.2, 0.25) is 0 Å². The lowest BCUT2D eigenvalue weighted by Crippen LogP contribution is -2.44. The molecule has 1 N–H and O–H groups in total. The fourth-order valence-electron chi connectivity index (χ4n) is 2.11. The molecule has 17 heavy (non-hydrogen) atoms. The van der Waals surface area contributed by atoms with E-state index in [9.17, 15) is 18.0 Å². The third kappa shape index (κ3) is 3.32. The van der Waals surface area contributed by atoms with Gasteiger partial charge in [0.15, 0.2) is 0 Å². The number of rotatable bonds is 5. The second-order valence-electron chi connectivity index (χ2n) is 4.38. The van der Waals surface area contributed by atoms with Gasteiger partial charge in [-0.25, -0.2) is 0 Å². The van der Waals surface area contributed by atoms with Gasteiger partial charge < -0.3 is 14.7 Å². The first-order valence-electron chi connectivity index (χ1n) is 5.30. The zero-order valence-electron chi connectivity index (χ0n) is 9.59. The minimum atomic E-state index is -4.32. The van der Waals surface area contributed by atoms with Gasteiger partial charge >= 0.3 is 12.1 Å². The van der Waals surface area contributed by atoms with Crippen molar-refractivity contribution < 1.29 is 27.8 Å². The molecular formula is C10H16F3NO3. The van der Waals surface area contributed by atoms with E-state index in [0.29, 0.717) is 0 Å². The summed E-state index contributed by atoms with van der Waals surface area (Å²) in [5.74, 6) is -0.999. The SMILES string of the molecule is COC[C@]1(C(F)(F)F)CCN(CCC(=O)O)C1. The van der Waals surface area contributed by atoms with Gasteiger partial charge in [-0.2, -0.15) is 13.2 Å². The maximum absolute atomic E-state index is 13.0. The molecule has 1 rings (SSSR count). The number of carboxylic acid groups (broad SMARTS) is 1. The van der Waals surface area contributed by atoms with Crippen molar-refractivity contribution in [2.24, 2.45) is 5.41 Å². The molecule has 7 heteroatoms. The Hall–Kier alpha value is -0.820. The molecule has 0 aromatic rings. The molecule has 1 aliphatic heterocycles. The fourth-order valence-corrected chi connectivity index (χ4v) is 2.11. The van der Waals surface area contributed by atoms with Crippen LogP contribution in [0.25, 0.3) is 0 Å². The molecule has 1 saturated heterocycles. The first-order chi connectivity index (χ1) is 7.81. The fraction of sp³-hybridized carbons (Fsp3) is 0.900. The molecule has 1 heterocycles. The number of hydrogen-bond acceptors (Lipinski definition) is 3. The van der Waals surface area contributed by atoms with Crippen molar-refractivity contribution in [3.8, 4) is 0 Å². The van der Waals surface area contributed by atoms with Crippen LogP contribution in [-0.2, 0) is 9.53 Å². The molecule has 1 atom stereocenters. The number of likely N-dealkylation sites (tertiary alicyclic amines) is 1. The summed E-state index contributed by atoms with van der Waals surface area (Å²) in [6, 6.07) is 0. The van der Waals surface area contributed by atoms with Gasteiger partial charge in [-0.1, -0.05) is 0 Å². The summed E-state index contributed by atoms with van der Waals surface area (Å²) >= 11 is 0. The van der Waals surface area contributed by atoms with Crippen LogP contribution in [0, 0.1) is 5.41 Å². The van der Waals surface area contributed by atoms with E-state index in [1.807, 2.05) is 0 Å². The molecule has 1 fully saturated rings. The Kier molecular flexibility index (Phi) is 4.37. The van der Waals surface area contributed by atoms with Crippen molar-refractivity contribution in [2.75, 3.05) is 33.4 Å². The van der Waals surface area contributed by atoms with Gasteiger partial charge in [0, 0.05) is 20.2 Å². The lowest BCUT2D eigenvalue weighted by Gasteiger charge is -2.31. The van der Waals surface area contributed by atoms with Crippen LogP contribution in [-0.4, -0.2) is 55.5 Å². The highest BCUT2D eigenvalue weighted by atomic mass is 19.4. The number of nitrogens with zero attached hydrogens (tertiary/aromatic N) is 1. The topological polar surface area (TPSA) is 49.8 Å². The molecule has 0 saturated carbocycles. The summed E-state index contributed by atoms with van der Waals surface area (Å²) in [6.45, 7) is -0.148. The van der Waals surface area contributed by atoms with Crippen LogP contribution in [0.2, 0.25) is 0 Å². The Morgan fingerprint density at radius 3 is 2.65 bits per heavy atom. The molecule has 0 radical (unpaired) electrons. The molecule has 100 valence electrons. The van der Waals surface area contributed by atoms with Gasteiger partial charge in [-0.3, -0.25) is 4.79 Å². The second kappa shape index (κ2) is 5.22. The second-order valence-corrected chi connectivity index (χ2v) is 4.38. The smallest absolute Gasteiger partial charge is 0.397 e. The maximum atomic E-state index is 13.0. The van der Waals surface area contributed by atoms with E-state index in [-0.39, 0.29) is 39.1 Å². The van der Waals surface area contributed by atoms with Gasteiger partial charge in [-0.15, -0.1) is 0 Å². The number of halogens is 3. The van der Waals surface area contributed by atoms with Crippen molar-refractivity contribution in [2.45, 2.75) is 19.0 Å². The van der Waals surface area contributed by atoms with Gasteiger partial charge in [0.1, 0.15) is 5.41 Å². The van der Waals surface area contributed by atoms with Crippen molar-refractivity contribution in [1.29, 1.82) is 0 Å². The largest absolute Gasteiger partial charge is 0.481 e. The van der Waals surface area contributed by atoms with Crippen LogP contribution in [0.4, 0.5) is 13.2 Å². The summed E-state index contributed by atoms with van der Waals surface area (Å²) in [5, 5.41) is 8.49. The van der Waals surface area contributed by atoms with E-state index in [0.717, 1.165) is 0 Å². The van der Waals surface area contributed by atoms with E-state index >= 15 is 0 Å². The average Bonchev–Trinajstić information content (AvgIpc) is 2.59.